The predicted molar refractivity (Wildman–Crippen MR) is 153 cm³/mol. The van der Waals surface area contributed by atoms with Crippen molar-refractivity contribution >= 4 is 16.1 Å². The number of amides is 1. The Morgan fingerprint density at radius 3 is 2.23 bits per heavy atom. The van der Waals surface area contributed by atoms with E-state index < -0.39 is 15.6 Å². The standard InChI is InChI=1S/C30H48FN3O4S/c1-22-18-25(20-26(31)19-22)28(24-8-16-33(17-9-24)39(5,36)37)12-15-32-13-10-27(11-14-32)34(21-23-6-7-23)29(35)38-30(2,3)4/h18-20,23-24,27-28H,6-17,21H2,1-5H3/t28-/m1/s1. The molecule has 2 saturated heterocycles. The number of aryl methyl sites for hydroxylation is 1. The second-order valence-electron chi connectivity index (χ2n) is 13.1. The smallest absolute Gasteiger partial charge is 0.410 e. The van der Waals surface area contributed by atoms with Crippen LogP contribution in [0.25, 0.3) is 0 Å². The number of hydrogen-bond acceptors (Lipinski definition) is 5. The zero-order valence-corrected chi connectivity index (χ0v) is 25.3. The molecule has 0 bridgehead atoms. The fraction of sp³-hybridized carbons (Fsp3) is 0.767. The quantitative estimate of drug-likeness (QED) is 0.402. The van der Waals surface area contributed by atoms with E-state index in [1.54, 1.807) is 16.4 Å². The molecule has 1 aromatic rings. The minimum absolute atomic E-state index is 0.185. The van der Waals surface area contributed by atoms with E-state index in [0.29, 0.717) is 24.9 Å². The fourth-order valence-electron chi connectivity index (χ4n) is 6.31. The molecule has 3 aliphatic rings. The molecule has 2 heterocycles. The second-order valence-corrected chi connectivity index (χ2v) is 15.1. The average molecular weight is 566 g/mol. The Bertz CT molecular complexity index is 1070. The Labute approximate surface area is 235 Å². The maximum Gasteiger partial charge on any atom is 0.410 e. The normalized spacial score (nSPS) is 21.6. The summed E-state index contributed by atoms with van der Waals surface area (Å²) in [6.07, 6.45) is 7.85. The molecule has 2 aliphatic heterocycles. The van der Waals surface area contributed by atoms with Crippen LogP contribution in [0.5, 0.6) is 0 Å². The number of ether oxygens (including phenoxy) is 1. The van der Waals surface area contributed by atoms with Gasteiger partial charge in [-0.2, -0.15) is 0 Å². The van der Waals surface area contributed by atoms with Crippen LogP contribution in [0.4, 0.5) is 9.18 Å². The Hall–Kier alpha value is -1.71. The summed E-state index contributed by atoms with van der Waals surface area (Å²) in [4.78, 5) is 17.5. The Morgan fingerprint density at radius 2 is 1.69 bits per heavy atom. The van der Waals surface area contributed by atoms with Crippen molar-refractivity contribution in [3.05, 3.63) is 35.1 Å². The summed E-state index contributed by atoms with van der Waals surface area (Å²) in [5, 5.41) is 0. The van der Waals surface area contributed by atoms with Crippen LogP contribution in [-0.4, -0.2) is 85.8 Å². The van der Waals surface area contributed by atoms with E-state index in [4.69, 9.17) is 4.74 Å². The van der Waals surface area contributed by atoms with Gasteiger partial charge in [0, 0.05) is 38.8 Å². The Balaban J connectivity index is 1.37. The van der Waals surface area contributed by atoms with E-state index in [1.165, 1.54) is 19.1 Å². The third kappa shape index (κ3) is 8.89. The lowest BCUT2D eigenvalue weighted by Crippen LogP contribution is -2.49. The van der Waals surface area contributed by atoms with Crippen molar-refractivity contribution in [2.75, 3.05) is 45.5 Å². The molecule has 4 rings (SSSR count). The zero-order valence-electron chi connectivity index (χ0n) is 24.5. The lowest BCUT2D eigenvalue weighted by atomic mass is 9.78. The van der Waals surface area contributed by atoms with Crippen LogP contribution in [0.1, 0.15) is 82.8 Å². The van der Waals surface area contributed by atoms with E-state index in [0.717, 1.165) is 69.4 Å². The lowest BCUT2D eigenvalue weighted by molar-refractivity contribution is 0.00670. The monoisotopic (exact) mass is 565 g/mol. The Kier molecular flexibility index (Phi) is 9.65. The van der Waals surface area contributed by atoms with Crippen LogP contribution >= 0.6 is 0 Å². The number of benzene rings is 1. The first-order chi connectivity index (χ1) is 18.3. The summed E-state index contributed by atoms with van der Waals surface area (Å²) < 4.78 is 45.8. The summed E-state index contributed by atoms with van der Waals surface area (Å²) in [7, 11) is -3.19. The number of nitrogens with zero attached hydrogens (tertiary/aromatic N) is 3. The molecule has 39 heavy (non-hydrogen) atoms. The number of halogens is 1. The van der Waals surface area contributed by atoms with Gasteiger partial charge in [-0.25, -0.2) is 21.9 Å². The van der Waals surface area contributed by atoms with Crippen molar-refractivity contribution in [3.63, 3.8) is 0 Å². The number of hydrogen-bond donors (Lipinski definition) is 0. The molecule has 1 aromatic carbocycles. The molecular formula is C30H48FN3O4S. The molecule has 0 aromatic heterocycles. The number of carbonyl (C=O) groups excluding carboxylic acids is 1. The topological polar surface area (TPSA) is 70.2 Å². The summed E-state index contributed by atoms with van der Waals surface area (Å²) in [6.45, 7) is 12.3. The highest BCUT2D eigenvalue weighted by atomic mass is 32.2. The SMILES string of the molecule is Cc1cc(F)cc([C@H](CCN2CCC(N(CC3CC3)C(=O)OC(C)(C)C)CC2)C2CCN(S(C)(=O)=O)CC2)c1. The van der Waals surface area contributed by atoms with Crippen LogP contribution < -0.4 is 0 Å². The van der Waals surface area contributed by atoms with E-state index in [1.807, 2.05) is 32.6 Å². The summed E-state index contributed by atoms with van der Waals surface area (Å²) in [5.74, 6) is 0.914. The first kappa shape index (κ1) is 30.3. The molecule has 0 radical (unpaired) electrons. The molecular weight excluding hydrogens is 517 g/mol. The summed E-state index contributed by atoms with van der Waals surface area (Å²) >= 11 is 0. The first-order valence-electron chi connectivity index (χ1n) is 14.7. The van der Waals surface area contributed by atoms with Crippen LogP contribution in [-0.2, 0) is 14.8 Å². The minimum atomic E-state index is -3.19. The Morgan fingerprint density at radius 1 is 1.05 bits per heavy atom. The van der Waals surface area contributed by atoms with Gasteiger partial charge in [0.1, 0.15) is 11.4 Å². The van der Waals surface area contributed by atoms with Gasteiger partial charge in [-0.15, -0.1) is 0 Å². The number of rotatable bonds is 9. The molecule has 220 valence electrons. The number of carbonyl (C=O) groups is 1. The average Bonchev–Trinajstić information content (AvgIpc) is 3.66. The maximum atomic E-state index is 14.4. The van der Waals surface area contributed by atoms with Gasteiger partial charge in [0.15, 0.2) is 0 Å². The molecule has 0 spiro atoms. The third-order valence-electron chi connectivity index (χ3n) is 8.56. The van der Waals surface area contributed by atoms with Crippen LogP contribution in [0.15, 0.2) is 18.2 Å². The van der Waals surface area contributed by atoms with Crippen LogP contribution in [0.2, 0.25) is 0 Å². The molecule has 1 amide bonds. The molecule has 7 nitrogen and oxygen atoms in total. The van der Waals surface area contributed by atoms with Crippen molar-refractivity contribution in [3.8, 4) is 0 Å². The van der Waals surface area contributed by atoms with Gasteiger partial charge in [0.05, 0.1) is 6.26 Å². The first-order valence-corrected chi connectivity index (χ1v) is 16.6. The highest BCUT2D eigenvalue weighted by Gasteiger charge is 2.36. The molecule has 0 unspecified atom stereocenters. The number of sulfonamides is 1. The summed E-state index contributed by atoms with van der Waals surface area (Å²) in [5.41, 5.74) is 1.45. The molecule has 3 fully saturated rings. The van der Waals surface area contributed by atoms with Gasteiger partial charge in [-0.05, 0) is 120 Å². The molecule has 1 atom stereocenters. The maximum absolute atomic E-state index is 14.4. The molecule has 1 saturated carbocycles. The largest absolute Gasteiger partial charge is 0.444 e. The second kappa shape index (κ2) is 12.4. The van der Waals surface area contributed by atoms with Crippen molar-refractivity contribution in [2.45, 2.75) is 90.2 Å². The van der Waals surface area contributed by atoms with Gasteiger partial charge < -0.3 is 14.5 Å². The number of likely N-dealkylation sites (tertiary alicyclic amines) is 1. The van der Waals surface area contributed by atoms with Gasteiger partial charge in [0.25, 0.3) is 0 Å². The van der Waals surface area contributed by atoms with Gasteiger partial charge in [-0.3, -0.25) is 0 Å². The van der Waals surface area contributed by atoms with Crippen LogP contribution in [0.3, 0.4) is 0 Å². The van der Waals surface area contributed by atoms with E-state index in [2.05, 4.69) is 11.0 Å². The highest BCUT2D eigenvalue weighted by molar-refractivity contribution is 7.88. The van der Waals surface area contributed by atoms with Crippen molar-refractivity contribution < 1.29 is 22.3 Å². The van der Waals surface area contributed by atoms with E-state index >= 15 is 0 Å². The lowest BCUT2D eigenvalue weighted by Gasteiger charge is -2.40. The van der Waals surface area contributed by atoms with E-state index in [-0.39, 0.29) is 23.9 Å². The van der Waals surface area contributed by atoms with E-state index in [9.17, 15) is 17.6 Å². The van der Waals surface area contributed by atoms with Crippen LogP contribution in [0, 0.1) is 24.6 Å². The van der Waals surface area contributed by atoms with Gasteiger partial charge in [-0.1, -0.05) is 6.07 Å². The zero-order chi connectivity index (χ0) is 28.4. The molecule has 0 N–H and O–H groups in total. The van der Waals surface area contributed by atoms with Crippen molar-refractivity contribution in [1.82, 2.24) is 14.1 Å². The highest BCUT2D eigenvalue weighted by Crippen LogP contribution is 2.37. The van der Waals surface area contributed by atoms with Gasteiger partial charge in [0.2, 0.25) is 10.0 Å². The predicted octanol–water partition coefficient (Wildman–Crippen LogP) is 5.39. The summed E-state index contributed by atoms with van der Waals surface area (Å²) in [6, 6.07) is 5.54. The minimum Gasteiger partial charge on any atom is -0.444 e. The number of piperidine rings is 2. The molecule has 9 heteroatoms. The van der Waals surface area contributed by atoms with Gasteiger partial charge >= 0.3 is 6.09 Å². The van der Waals surface area contributed by atoms with Crippen molar-refractivity contribution in [1.29, 1.82) is 0 Å². The third-order valence-corrected chi connectivity index (χ3v) is 9.87. The fourth-order valence-corrected chi connectivity index (χ4v) is 7.19. The van der Waals surface area contributed by atoms with Crippen molar-refractivity contribution in [2.24, 2.45) is 11.8 Å². The molecule has 1 aliphatic carbocycles.